The lowest BCUT2D eigenvalue weighted by Gasteiger charge is -2.12. The van der Waals surface area contributed by atoms with Gasteiger partial charge in [-0.3, -0.25) is 0 Å². The molecule has 0 radical (unpaired) electrons. The molecule has 0 aliphatic heterocycles. The number of ether oxygens (including phenoxy) is 2. The monoisotopic (exact) mass is 270 g/mol. The molecule has 0 spiro atoms. The molecule has 1 aromatic rings. The lowest BCUT2D eigenvalue weighted by molar-refractivity contribution is 0.285. The first-order valence-corrected chi connectivity index (χ1v) is 7.21. The van der Waals surface area contributed by atoms with Gasteiger partial charge in [0, 0.05) is 5.88 Å². The molecule has 0 aromatic heterocycles. The minimum atomic E-state index is 0.693. The van der Waals surface area contributed by atoms with Gasteiger partial charge in [-0.25, -0.2) is 0 Å². The number of halogens is 1. The summed E-state index contributed by atoms with van der Waals surface area (Å²) in [4.78, 5) is 0. The molecule has 0 saturated carbocycles. The van der Waals surface area contributed by atoms with Crippen LogP contribution in [-0.4, -0.2) is 19.6 Å². The summed E-state index contributed by atoms with van der Waals surface area (Å²) in [5, 5.41) is 0. The summed E-state index contributed by atoms with van der Waals surface area (Å²) >= 11 is 5.71. The predicted molar refractivity (Wildman–Crippen MR) is 77.1 cm³/mol. The Morgan fingerprint density at radius 1 is 1.11 bits per heavy atom. The average molecular weight is 271 g/mol. The van der Waals surface area contributed by atoms with Crippen LogP contribution in [0.1, 0.15) is 38.2 Å². The van der Waals surface area contributed by atoms with Crippen LogP contribution in [0.5, 0.6) is 11.5 Å². The lowest BCUT2D eigenvalue weighted by Crippen LogP contribution is -2.00. The van der Waals surface area contributed by atoms with Crippen molar-refractivity contribution < 1.29 is 9.47 Å². The third-order valence-corrected chi connectivity index (χ3v) is 3.10. The van der Waals surface area contributed by atoms with Gasteiger partial charge >= 0.3 is 0 Å². The van der Waals surface area contributed by atoms with E-state index in [2.05, 4.69) is 19.1 Å². The van der Waals surface area contributed by atoms with Gasteiger partial charge in [0.05, 0.1) is 13.7 Å². The molecule has 0 aliphatic carbocycles. The van der Waals surface area contributed by atoms with E-state index in [4.69, 9.17) is 21.1 Å². The smallest absolute Gasteiger partial charge is 0.161 e. The molecule has 18 heavy (non-hydrogen) atoms. The fraction of sp³-hybridized carbons (Fsp3) is 0.600. The zero-order chi connectivity index (χ0) is 13.2. The summed E-state index contributed by atoms with van der Waals surface area (Å²) in [6, 6.07) is 6.11. The molecule has 102 valence electrons. The van der Waals surface area contributed by atoms with Gasteiger partial charge in [-0.2, -0.15) is 0 Å². The van der Waals surface area contributed by atoms with E-state index in [0.29, 0.717) is 5.88 Å². The Morgan fingerprint density at radius 2 is 1.94 bits per heavy atom. The van der Waals surface area contributed by atoms with Gasteiger partial charge in [0.15, 0.2) is 11.5 Å². The topological polar surface area (TPSA) is 18.5 Å². The fourth-order valence-electron chi connectivity index (χ4n) is 1.79. The van der Waals surface area contributed by atoms with Crippen molar-refractivity contribution in [1.82, 2.24) is 0 Å². The summed E-state index contributed by atoms with van der Waals surface area (Å²) in [5.41, 5.74) is 1.25. The molecule has 1 rings (SSSR count). The number of hydrogen-bond acceptors (Lipinski definition) is 2. The van der Waals surface area contributed by atoms with Crippen molar-refractivity contribution in [3.8, 4) is 11.5 Å². The molecule has 0 heterocycles. The Hall–Kier alpha value is -0.890. The highest BCUT2D eigenvalue weighted by molar-refractivity contribution is 6.17. The second-order valence-electron chi connectivity index (χ2n) is 4.33. The maximum atomic E-state index is 5.79. The molecule has 0 unspecified atom stereocenters. The first-order valence-electron chi connectivity index (χ1n) is 6.67. The van der Waals surface area contributed by atoms with Crippen molar-refractivity contribution in [1.29, 1.82) is 0 Å². The van der Waals surface area contributed by atoms with Crippen LogP contribution in [0.25, 0.3) is 0 Å². The maximum absolute atomic E-state index is 5.79. The first kappa shape index (κ1) is 15.2. The number of unbranched alkanes of at least 4 members (excludes halogenated alkanes) is 2. The molecule has 1 aromatic carbocycles. The molecule has 0 aliphatic rings. The number of methoxy groups -OCH3 is 1. The molecule has 0 atom stereocenters. The van der Waals surface area contributed by atoms with Crippen LogP contribution < -0.4 is 9.47 Å². The average Bonchev–Trinajstić information content (AvgIpc) is 2.41. The maximum Gasteiger partial charge on any atom is 0.161 e. The van der Waals surface area contributed by atoms with Gasteiger partial charge in [0.1, 0.15) is 0 Å². The van der Waals surface area contributed by atoms with E-state index in [9.17, 15) is 0 Å². The number of alkyl halides is 1. The molecule has 0 fully saturated rings. The lowest BCUT2D eigenvalue weighted by atomic mass is 10.1. The van der Waals surface area contributed by atoms with Gasteiger partial charge in [-0.1, -0.05) is 25.8 Å². The van der Waals surface area contributed by atoms with E-state index in [1.807, 2.05) is 6.07 Å². The van der Waals surface area contributed by atoms with Crippen LogP contribution >= 0.6 is 11.6 Å². The molecule has 0 saturated heterocycles. The molecular formula is C15H23ClO2. The van der Waals surface area contributed by atoms with Crippen molar-refractivity contribution in [3.05, 3.63) is 23.8 Å². The van der Waals surface area contributed by atoms with Crippen LogP contribution in [0, 0.1) is 0 Å². The predicted octanol–water partition coefficient (Wildman–Crippen LogP) is 4.44. The summed E-state index contributed by atoms with van der Waals surface area (Å²) < 4.78 is 11.1. The standard InChI is InChI=1S/C15H23ClO2/c1-3-4-5-11-18-15-12-13(7-6-10-16)8-9-14(15)17-2/h8-9,12H,3-7,10-11H2,1-2H3. The molecular weight excluding hydrogens is 248 g/mol. The quantitative estimate of drug-likeness (QED) is 0.488. The third-order valence-electron chi connectivity index (χ3n) is 2.83. The Bertz CT molecular complexity index is 339. The minimum absolute atomic E-state index is 0.693. The minimum Gasteiger partial charge on any atom is -0.493 e. The molecule has 2 nitrogen and oxygen atoms in total. The van der Waals surface area contributed by atoms with E-state index >= 15 is 0 Å². The van der Waals surface area contributed by atoms with E-state index < -0.39 is 0 Å². The van der Waals surface area contributed by atoms with Crippen molar-refractivity contribution in [3.63, 3.8) is 0 Å². The van der Waals surface area contributed by atoms with Crippen molar-refractivity contribution in [2.75, 3.05) is 19.6 Å². The molecule has 0 bridgehead atoms. The molecule has 3 heteroatoms. The van der Waals surface area contributed by atoms with Crippen molar-refractivity contribution >= 4 is 11.6 Å². The zero-order valence-corrected chi connectivity index (χ0v) is 12.1. The summed E-state index contributed by atoms with van der Waals surface area (Å²) in [5.74, 6) is 2.35. The molecule has 0 N–H and O–H groups in total. The van der Waals surface area contributed by atoms with Gasteiger partial charge < -0.3 is 9.47 Å². The van der Waals surface area contributed by atoms with Crippen LogP contribution in [-0.2, 0) is 6.42 Å². The third kappa shape index (κ3) is 5.18. The fourth-order valence-corrected chi connectivity index (χ4v) is 1.93. The molecule has 0 amide bonds. The number of hydrogen-bond donors (Lipinski definition) is 0. The Balaban J connectivity index is 2.60. The van der Waals surface area contributed by atoms with Crippen molar-refractivity contribution in [2.24, 2.45) is 0 Å². The van der Waals surface area contributed by atoms with Crippen LogP contribution in [0.15, 0.2) is 18.2 Å². The number of rotatable bonds is 9. The van der Waals surface area contributed by atoms with E-state index in [-0.39, 0.29) is 0 Å². The normalized spacial score (nSPS) is 10.4. The largest absolute Gasteiger partial charge is 0.493 e. The highest BCUT2D eigenvalue weighted by atomic mass is 35.5. The van der Waals surface area contributed by atoms with Gasteiger partial charge in [-0.15, -0.1) is 11.6 Å². The SMILES string of the molecule is CCCCCOc1cc(CCCCl)ccc1OC. The Kier molecular flexibility index (Phi) is 7.66. The summed E-state index contributed by atoms with van der Waals surface area (Å²) in [6.45, 7) is 2.94. The van der Waals surface area contributed by atoms with Gasteiger partial charge in [-0.05, 0) is 37.0 Å². The second-order valence-corrected chi connectivity index (χ2v) is 4.71. The summed E-state index contributed by atoms with van der Waals surface area (Å²) in [6.07, 6.45) is 5.47. The van der Waals surface area contributed by atoms with Gasteiger partial charge in [0.2, 0.25) is 0 Å². The zero-order valence-electron chi connectivity index (χ0n) is 11.4. The Labute approximate surface area is 115 Å². The Morgan fingerprint density at radius 3 is 2.61 bits per heavy atom. The first-order chi connectivity index (χ1) is 8.81. The van der Waals surface area contributed by atoms with Crippen LogP contribution in [0.2, 0.25) is 0 Å². The van der Waals surface area contributed by atoms with Crippen molar-refractivity contribution in [2.45, 2.75) is 39.0 Å². The number of benzene rings is 1. The van der Waals surface area contributed by atoms with Gasteiger partial charge in [0.25, 0.3) is 0 Å². The van der Waals surface area contributed by atoms with E-state index in [1.54, 1.807) is 7.11 Å². The highest BCUT2D eigenvalue weighted by Gasteiger charge is 2.05. The van der Waals surface area contributed by atoms with E-state index in [0.717, 1.165) is 37.4 Å². The van der Waals surface area contributed by atoms with Crippen LogP contribution in [0.3, 0.4) is 0 Å². The van der Waals surface area contributed by atoms with Crippen LogP contribution in [0.4, 0.5) is 0 Å². The second kappa shape index (κ2) is 9.09. The number of aryl methyl sites for hydroxylation is 1. The summed E-state index contributed by atoms with van der Waals surface area (Å²) in [7, 11) is 1.67. The highest BCUT2D eigenvalue weighted by Crippen LogP contribution is 2.28. The van der Waals surface area contributed by atoms with E-state index in [1.165, 1.54) is 18.4 Å².